The van der Waals surface area contributed by atoms with Crippen molar-refractivity contribution in [2.45, 2.75) is 19.6 Å². The van der Waals surface area contributed by atoms with Crippen molar-refractivity contribution < 1.29 is 13.9 Å². The first-order chi connectivity index (χ1) is 13.9. The summed E-state index contributed by atoms with van der Waals surface area (Å²) in [5.74, 6) is -0.455. The summed E-state index contributed by atoms with van der Waals surface area (Å²) in [5.41, 5.74) is 5.72. The van der Waals surface area contributed by atoms with Gasteiger partial charge in [-0.3, -0.25) is 4.79 Å². The number of hydrogen-bond donors (Lipinski definition) is 3. The minimum atomic E-state index is -0.699. The second kappa shape index (κ2) is 10.5. The number of halogens is 2. The van der Waals surface area contributed by atoms with Gasteiger partial charge in [0.05, 0.1) is 5.39 Å². The fourth-order valence-electron chi connectivity index (χ4n) is 2.62. The summed E-state index contributed by atoms with van der Waals surface area (Å²) < 4.78 is 10.8. The van der Waals surface area contributed by atoms with E-state index in [9.17, 15) is 9.59 Å². The Morgan fingerprint density at radius 3 is 2.60 bits per heavy atom. The van der Waals surface area contributed by atoms with Gasteiger partial charge in [0.1, 0.15) is 5.02 Å². The molecular formula is C20H19BrClN3O4S. The summed E-state index contributed by atoms with van der Waals surface area (Å²) in [4.78, 5) is 28.8. The van der Waals surface area contributed by atoms with Crippen LogP contribution in [-0.2, 0) is 0 Å². The van der Waals surface area contributed by atoms with Crippen LogP contribution in [0.15, 0.2) is 62.7 Å². The Bertz CT molecular complexity index is 1130. The number of rotatable bonds is 6. The zero-order chi connectivity index (χ0) is 21.0. The number of hydrogen-bond acceptors (Lipinski definition) is 5. The van der Waals surface area contributed by atoms with Crippen molar-refractivity contribution in [3.05, 3.63) is 69.5 Å². The number of nitrogens with zero attached hydrogens (tertiary/aromatic N) is 1. The Morgan fingerprint density at radius 2 is 1.97 bits per heavy atom. The number of nitrogens with one attached hydrogen (secondary N) is 1. The highest BCUT2D eigenvalue weighted by atomic mass is 79.9. The van der Waals surface area contributed by atoms with Crippen LogP contribution < -0.4 is 21.4 Å². The Hall–Kier alpha value is -2.49. The topological polar surface area (TPSA) is 107 Å². The molecule has 158 valence electrons. The molecule has 1 atom stereocenters. The summed E-state index contributed by atoms with van der Waals surface area (Å²) in [6.45, 7) is 1.82. The number of amides is 1. The molecule has 0 spiro atoms. The first kappa shape index (κ1) is 23.8. The van der Waals surface area contributed by atoms with Crippen LogP contribution in [0.5, 0.6) is 5.95 Å². The highest BCUT2D eigenvalue weighted by molar-refractivity contribution is 8.93. The summed E-state index contributed by atoms with van der Waals surface area (Å²) in [6, 6.07) is 13.5. The molecule has 3 N–H and O–H groups in total. The van der Waals surface area contributed by atoms with Crippen LogP contribution >= 0.6 is 41.2 Å². The predicted molar refractivity (Wildman–Crippen MR) is 128 cm³/mol. The molecule has 7 nitrogen and oxygen atoms in total. The molecule has 0 saturated carbocycles. The lowest BCUT2D eigenvalue weighted by molar-refractivity contribution is 0.102. The molecule has 3 rings (SSSR count). The fraction of sp³-hybridized carbons (Fsp3) is 0.150. The third kappa shape index (κ3) is 5.56. The minimum Gasteiger partial charge on any atom is -0.438 e. The van der Waals surface area contributed by atoms with Gasteiger partial charge in [0.15, 0.2) is 11.4 Å². The number of benzene rings is 2. The van der Waals surface area contributed by atoms with Crippen molar-refractivity contribution in [1.29, 1.82) is 0 Å². The lowest BCUT2D eigenvalue weighted by Crippen LogP contribution is -2.18. The second-order valence-electron chi connectivity index (χ2n) is 6.04. The average molecular weight is 513 g/mol. The maximum absolute atomic E-state index is 12.5. The summed E-state index contributed by atoms with van der Waals surface area (Å²) in [5, 5.41) is 3.53. The quantitative estimate of drug-likeness (QED) is 0.253. The van der Waals surface area contributed by atoms with Crippen molar-refractivity contribution >= 4 is 68.7 Å². The van der Waals surface area contributed by atoms with Gasteiger partial charge in [-0.2, -0.15) is 0 Å². The van der Waals surface area contributed by atoms with E-state index >= 15 is 0 Å². The van der Waals surface area contributed by atoms with Crippen LogP contribution in [0.2, 0.25) is 5.02 Å². The second-order valence-corrected chi connectivity index (χ2v) is 6.88. The number of anilines is 1. The Morgan fingerprint density at radius 1 is 1.27 bits per heavy atom. The molecule has 0 fully saturated rings. The van der Waals surface area contributed by atoms with E-state index in [1.54, 1.807) is 36.4 Å². The van der Waals surface area contributed by atoms with E-state index in [0.717, 1.165) is 0 Å². The summed E-state index contributed by atoms with van der Waals surface area (Å²) >= 11 is 10.3. The van der Waals surface area contributed by atoms with E-state index in [1.165, 1.54) is 6.07 Å². The molecule has 1 aromatic heterocycles. The van der Waals surface area contributed by atoms with E-state index in [2.05, 4.69) is 22.9 Å². The van der Waals surface area contributed by atoms with Crippen molar-refractivity contribution in [2.24, 2.45) is 10.7 Å². The fourth-order valence-corrected chi connectivity index (χ4v) is 2.99. The van der Waals surface area contributed by atoms with Crippen LogP contribution in [-0.4, -0.2) is 17.3 Å². The number of carbonyl (C=O) groups is 1. The number of ether oxygens (including phenoxy) is 1. The van der Waals surface area contributed by atoms with Crippen LogP contribution in [0, 0.1) is 0 Å². The molecule has 10 heteroatoms. The molecular weight excluding hydrogens is 494 g/mol. The van der Waals surface area contributed by atoms with Gasteiger partial charge in [0.25, 0.3) is 5.91 Å². The molecule has 0 saturated heterocycles. The van der Waals surface area contributed by atoms with Crippen molar-refractivity contribution in [3.63, 3.8) is 0 Å². The third-order valence-corrected chi connectivity index (χ3v) is 4.48. The Kier molecular flexibility index (Phi) is 8.33. The van der Waals surface area contributed by atoms with Crippen molar-refractivity contribution in [2.75, 3.05) is 5.32 Å². The van der Waals surface area contributed by atoms with Crippen LogP contribution in [0.3, 0.4) is 0 Å². The van der Waals surface area contributed by atoms with Gasteiger partial charge >= 0.3 is 11.6 Å². The SMILES string of the molecule is Br.CCC(N=C(N)S)Oc1oc(=O)c2cc(NC(=O)c3ccccc3)ccc2c1Cl. The molecule has 1 heterocycles. The van der Waals surface area contributed by atoms with Crippen LogP contribution in [0.4, 0.5) is 5.69 Å². The molecule has 1 unspecified atom stereocenters. The Labute approximate surface area is 193 Å². The molecule has 30 heavy (non-hydrogen) atoms. The average Bonchev–Trinajstić information content (AvgIpc) is 2.71. The molecule has 0 aliphatic heterocycles. The molecule has 0 bridgehead atoms. The first-order valence-electron chi connectivity index (χ1n) is 8.70. The standard InChI is InChI=1S/C20H18ClN3O4S.BrH/c1-2-15(24-20(22)29)27-19-16(21)13-9-8-12(10-14(13)18(26)28-19)23-17(25)11-6-4-3-5-7-11;/h3-10,15H,2H2,1H3,(H,23,25)(H3,22,24,29);1H. The van der Waals surface area contributed by atoms with Crippen LogP contribution in [0.1, 0.15) is 23.7 Å². The third-order valence-electron chi connectivity index (χ3n) is 4.00. The van der Waals surface area contributed by atoms with Crippen molar-refractivity contribution in [3.8, 4) is 5.95 Å². The zero-order valence-corrected chi connectivity index (χ0v) is 19.2. The highest BCUT2D eigenvalue weighted by Crippen LogP contribution is 2.33. The maximum atomic E-state index is 12.5. The van der Waals surface area contributed by atoms with Gasteiger partial charge in [0.2, 0.25) is 0 Å². The number of fused-ring (bicyclic) bond motifs is 1. The minimum absolute atomic E-state index is 0. The molecule has 0 radical (unpaired) electrons. The smallest absolute Gasteiger partial charge is 0.346 e. The van der Waals surface area contributed by atoms with Gasteiger partial charge in [-0.1, -0.05) is 42.8 Å². The first-order valence-corrected chi connectivity index (χ1v) is 9.53. The van der Waals surface area contributed by atoms with E-state index in [4.69, 9.17) is 26.5 Å². The molecule has 3 aromatic rings. The molecule has 2 aromatic carbocycles. The van der Waals surface area contributed by atoms with Gasteiger partial charge in [0, 0.05) is 23.1 Å². The largest absolute Gasteiger partial charge is 0.438 e. The van der Waals surface area contributed by atoms with E-state index in [0.29, 0.717) is 23.1 Å². The number of thiol groups is 1. The van der Waals surface area contributed by atoms with Gasteiger partial charge in [-0.25, -0.2) is 9.79 Å². The molecule has 0 aliphatic carbocycles. The van der Waals surface area contributed by atoms with E-state index in [1.807, 2.05) is 13.0 Å². The van der Waals surface area contributed by atoms with Gasteiger partial charge in [-0.05, 0) is 24.3 Å². The molecule has 1 amide bonds. The zero-order valence-electron chi connectivity index (χ0n) is 15.8. The summed E-state index contributed by atoms with van der Waals surface area (Å²) in [7, 11) is 0. The number of nitrogens with two attached hydrogens (primary N) is 1. The van der Waals surface area contributed by atoms with E-state index < -0.39 is 11.9 Å². The summed E-state index contributed by atoms with van der Waals surface area (Å²) in [6.07, 6.45) is -0.237. The van der Waals surface area contributed by atoms with Gasteiger partial charge in [-0.15, -0.1) is 29.6 Å². The number of amidine groups is 1. The van der Waals surface area contributed by atoms with E-state index in [-0.39, 0.29) is 44.4 Å². The maximum Gasteiger partial charge on any atom is 0.346 e. The Balaban J connectivity index is 0.00000320. The van der Waals surface area contributed by atoms with Gasteiger partial charge < -0.3 is 20.2 Å². The normalized spacial score (nSPS) is 12.2. The molecule has 0 aliphatic rings. The van der Waals surface area contributed by atoms with Crippen LogP contribution in [0.25, 0.3) is 10.8 Å². The number of carbonyl (C=O) groups excluding carboxylic acids is 1. The predicted octanol–water partition coefficient (Wildman–Crippen LogP) is 4.64. The monoisotopic (exact) mass is 511 g/mol. The lowest BCUT2D eigenvalue weighted by atomic mass is 10.1. The highest BCUT2D eigenvalue weighted by Gasteiger charge is 2.18. The van der Waals surface area contributed by atoms with Crippen molar-refractivity contribution in [1.82, 2.24) is 0 Å². The lowest BCUT2D eigenvalue weighted by Gasteiger charge is -2.14. The number of aliphatic imine (C=N–C) groups is 1.